The van der Waals surface area contributed by atoms with E-state index in [-0.39, 0.29) is 5.78 Å². The summed E-state index contributed by atoms with van der Waals surface area (Å²) in [5.74, 6) is 0.0554. The summed E-state index contributed by atoms with van der Waals surface area (Å²) in [5.41, 5.74) is 4.10. The fourth-order valence-corrected chi connectivity index (χ4v) is 3.63. The summed E-state index contributed by atoms with van der Waals surface area (Å²) in [7, 11) is 0. The summed E-state index contributed by atoms with van der Waals surface area (Å²) in [6, 6.07) is 7.47. The second kappa shape index (κ2) is 8.63. The van der Waals surface area contributed by atoms with Crippen LogP contribution in [0.1, 0.15) is 35.5 Å². The van der Waals surface area contributed by atoms with E-state index in [9.17, 15) is 4.79 Å². The smallest absolute Gasteiger partial charge is 0.173 e. The van der Waals surface area contributed by atoms with Gasteiger partial charge in [0.2, 0.25) is 0 Å². The first-order valence-electron chi connectivity index (χ1n) is 9.38. The number of rotatable bonds is 5. The average Bonchev–Trinajstić information content (AvgIpc) is 3.02. The van der Waals surface area contributed by atoms with E-state index >= 15 is 0 Å². The van der Waals surface area contributed by atoms with E-state index in [2.05, 4.69) is 34.1 Å². The average molecular weight is 386 g/mol. The van der Waals surface area contributed by atoms with Gasteiger partial charge in [0, 0.05) is 61.8 Å². The van der Waals surface area contributed by atoms with Crippen LogP contribution in [0.4, 0.5) is 5.69 Å². The van der Waals surface area contributed by atoms with E-state index in [1.807, 2.05) is 35.1 Å². The van der Waals surface area contributed by atoms with Gasteiger partial charge in [-0.25, -0.2) is 0 Å². The Bertz CT molecular complexity index is 824. The first-order chi connectivity index (χ1) is 13.0. The number of anilines is 1. The number of Topliss-reactive ketones (excluding diaryl/α,β-unsaturated/α-hetero) is 1. The molecule has 0 saturated carbocycles. The van der Waals surface area contributed by atoms with Crippen LogP contribution in [0, 0.1) is 6.92 Å². The van der Waals surface area contributed by atoms with Crippen LogP contribution in [0.25, 0.3) is 0 Å². The Balaban J connectivity index is 1.52. The van der Waals surface area contributed by atoms with E-state index in [0.29, 0.717) is 10.7 Å². The van der Waals surface area contributed by atoms with Gasteiger partial charge in [0.25, 0.3) is 0 Å². The molecule has 2 heterocycles. The number of benzene rings is 1. The fourth-order valence-electron chi connectivity index (χ4n) is 3.33. The molecule has 27 heavy (non-hydrogen) atoms. The maximum atomic E-state index is 11.5. The number of carbonyl (C=O) groups is 1. The minimum Gasteiger partial charge on any atom is -0.346 e. The highest BCUT2D eigenvalue weighted by atomic mass is 32.1. The number of hydrogen-bond acceptors (Lipinski definition) is 4. The largest absolute Gasteiger partial charge is 0.346 e. The number of nitrogens with zero attached hydrogens (tertiary/aromatic N) is 4. The molecule has 3 rings (SSSR count). The van der Waals surface area contributed by atoms with Crippen molar-refractivity contribution >= 4 is 28.8 Å². The summed E-state index contributed by atoms with van der Waals surface area (Å²) < 4.78 is 2.04. The summed E-state index contributed by atoms with van der Waals surface area (Å²) in [6.45, 7) is 11.4. The van der Waals surface area contributed by atoms with Crippen LogP contribution in [0.15, 0.2) is 30.5 Å². The SMILES string of the molecule is CCn1ncc(CN2CCN(C(=S)Nc3cccc(C(C)=O)c3)CC2)c1C. The molecule has 1 fully saturated rings. The number of carbonyl (C=O) groups excluding carboxylic acids is 1. The molecule has 144 valence electrons. The second-order valence-electron chi connectivity index (χ2n) is 6.90. The molecule has 1 aromatic carbocycles. The molecule has 1 aromatic heterocycles. The van der Waals surface area contributed by atoms with Crippen LogP contribution in [0.2, 0.25) is 0 Å². The highest BCUT2D eigenvalue weighted by molar-refractivity contribution is 7.80. The highest BCUT2D eigenvalue weighted by Gasteiger charge is 2.20. The summed E-state index contributed by atoms with van der Waals surface area (Å²) in [4.78, 5) is 16.2. The van der Waals surface area contributed by atoms with Crippen LogP contribution in [-0.4, -0.2) is 56.7 Å². The molecule has 0 bridgehead atoms. The van der Waals surface area contributed by atoms with Gasteiger partial charge in [0.1, 0.15) is 0 Å². The fraction of sp³-hybridized carbons (Fsp3) is 0.450. The Morgan fingerprint density at radius 1 is 1.26 bits per heavy atom. The van der Waals surface area contributed by atoms with Crippen molar-refractivity contribution in [2.75, 3.05) is 31.5 Å². The maximum Gasteiger partial charge on any atom is 0.173 e. The molecule has 0 atom stereocenters. The molecule has 7 heteroatoms. The van der Waals surface area contributed by atoms with Gasteiger partial charge in [0.05, 0.1) is 6.20 Å². The predicted octanol–water partition coefficient (Wildman–Crippen LogP) is 2.93. The summed E-state index contributed by atoms with van der Waals surface area (Å²) >= 11 is 5.57. The van der Waals surface area contributed by atoms with E-state index in [4.69, 9.17) is 12.2 Å². The summed E-state index contributed by atoms with van der Waals surface area (Å²) in [6.07, 6.45) is 1.99. The van der Waals surface area contributed by atoms with Crippen molar-refractivity contribution in [2.24, 2.45) is 0 Å². The molecule has 6 nitrogen and oxygen atoms in total. The van der Waals surface area contributed by atoms with Gasteiger partial charge in [0.15, 0.2) is 10.9 Å². The van der Waals surface area contributed by atoms with Crippen LogP contribution in [0.5, 0.6) is 0 Å². The Morgan fingerprint density at radius 2 is 2.00 bits per heavy atom. The Hall–Kier alpha value is -2.25. The zero-order valence-corrected chi connectivity index (χ0v) is 17.1. The van der Waals surface area contributed by atoms with Crippen LogP contribution >= 0.6 is 12.2 Å². The number of aromatic nitrogens is 2. The lowest BCUT2D eigenvalue weighted by Crippen LogP contribution is -2.49. The molecule has 0 aliphatic carbocycles. The molecule has 0 radical (unpaired) electrons. The predicted molar refractivity (Wildman–Crippen MR) is 112 cm³/mol. The van der Waals surface area contributed by atoms with Crippen molar-refractivity contribution < 1.29 is 4.79 Å². The van der Waals surface area contributed by atoms with Gasteiger partial charge in [-0.3, -0.25) is 14.4 Å². The lowest BCUT2D eigenvalue weighted by molar-refractivity contribution is 0.101. The zero-order chi connectivity index (χ0) is 19.4. The Kier molecular flexibility index (Phi) is 6.23. The number of aryl methyl sites for hydroxylation is 1. The molecule has 0 amide bonds. The minimum absolute atomic E-state index is 0.0554. The van der Waals surface area contributed by atoms with Gasteiger partial charge < -0.3 is 10.2 Å². The first-order valence-corrected chi connectivity index (χ1v) is 9.79. The van der Waals surface area contributed by atoms with Crippen molar-refractivity contribution in [3.8, 4) is 0 Å². The third-order valence-electron chi connectivity index (χ3n) is 5.08. The van der Waals surface area contributed by atoms with E-state index in [0.717, 1.165) is 45.0 Å². The van der Waals surface area contributed by atoms with Gasteiger partial charge in [-0.2, -0.15) is 5.10 Å². The molecule has 2 aromatic rings. The number of thiocarbonyl (C=S) groups is 1. The number of nitrogens with one attached hydrogen (secondary N) is 1. The van der Waals surface area contributed by atoms with Gasteiger partial charge >= 0.3 is 0 Å². The normalized spacial score (nSPS) is 15.0. The number of piperazine rings is 1. The van der Waals surface area contributed by atoms with Crippen LogP contribution in [0.3, 0.4) is 0 Å². The molecule has 1 saturated heterocycles. The molecule has 0 spiro atoms. The molecule has 1 aliphatic heterocycles. The van der Waals surface area contributed by atoms with Gasteiger partial charge in [-0.15, -0.1) is 0 Å². The third-order valence-corrected chi connectivity index (χ3v) is 5.44. The monoisotopic (exact) mass is 385 g/mol. The van der Waals surface area contributed by atoms with E-state index < -0.39 is 0 Å². The third kappa shape index (κ3) is 4.73. The van der Waals surface area contributed by atoms with E-state index in [1.54, 1.807) is 6.92 Å². The van der Waals surface area contributed by atoms with Gasteiger partial charge in [-0.05, 0) is 45.1 Å². The van der Waals surface area contributed by atoms with E-state index in [1.165, 1.54) is 11.3 Å². The minimum atomic E-state index is 0.0554. The van der Waals surface area contributed by atoms with Crippen molar-refractivity contribution in [1.29, 1.82) is 0 Å². The summed E-state index contributed by atoms with van der Waals surface area (Å²) in [5, 5.41) is 8.41. The topological polar surface area (TPSA) is 53.4 Å². The number of hydrogen-bond donors (Lipinski definition) is 1. The van der Waals surface area contributed by atoms with Crippen LogP contribution < -0.4 is 5.32 Å². The Morgan fingerprint density at radius 3 is 2.63 bits per heavy atom. The zero-order valence-electron chi connectivity index (χ0n) is 16.2. The first kappa shape index (κ1) is 19.5. The molecule has 1 aliphatic rings. The molecular weight excluding hydrogens is 358 g/mol. The standard InChI is InChI=1S/C20H27N5OS/c1-4-25-15(2)18(13-21-25)14-23-8-10-24(11-9-23)20(27)22-19-7-5-6-17(12-19)16(3)26/h5-7,12-13H,4,8-11,14H2,1-3H3,(H,22,27). The highest BCUT2D eigenvalue weighted by Crippen LogP contribution is 2.15. The maximum absolute atomic E-state index is 11.5. The molecule has 1 N–H and O–H groups in total. The van der Waals surface area contributed by atoms with Crippen molar-refractivity contribution in [3.63, 3.8) is 0 Å². The number of ketones is 1. The molecule has 0 unspecified atom stereocenters. The van der Waals surface area contributed by atoms with Gasteiger partial charge in [-0.1, -0.05) is 12.1 Å². The van der Waals surface area contributed by atoms with Crippen LogP contribution in [-0.2, 0) is 13.1 Å². The second-order valence-corrected chi connectivity index (χ2v) is 7.29. The Labute approximate surface area is 166 Å². The van der Waals surface area contributed by atoms with Crippen molar-refractivity contribution in [1.82, 2.24) is 19.6 Å². The molecular formula is C20H27N5OS. The lowest BCUT2D eigenvalue weighted by Gasteiger charge is -2.36. The van der Waals surface area contributed by atoms with Crippen molar-refractivity contribution in [3.05, 3.63) is 47.3 Å². The lowest BCUT2D eigenvalue weighted by atomic mass is 10.1. The van der Waals surface area contributed by atoms with Crippen molar-refractivity contribution in [2.45, 2.75) is 33.9 Å². The quantitative estimate of drug-likeness (QED) is 0.631.